The second-order valence-corrected chi connectivity index (χ2v) is 4.84. The molecule has 1 heterocycles. The molecule has 2 atom stereocenters. The summed E-state index contributed by atoms with van der Waals surface area (Å²) >= 11 is 0. The average Bonchev–Trinajstić information content (AvgIpc) is 2.69. The van der Waals surface area contributed by atoms with Crippen LogP contribution in [0.3, 0.4) is 0 Å². The third kappa shape index (κ3) is 4.14. The van der Waals surface area contributed by atoms with Crippen LogP contribution < -0.4 is 15.8 Å². The Morgan fingerprint density at radius 1 is 1.25 bits per heavy atom. The third-order valence-electron chi connectivity index (χ3n) is 3.22. The number of rotatable bonds is 4. The van der Waals surface area contributed by atoms with Crippen LogP contribution in [0, 0.1) is 13.8 Å². The Kier molecular flexibility index (Phi) is 5.88. The van der Waals surface area contributed by atoms with Crippen molar-refractivity contribution in [3.63, 3.8) is 0 Å². The Morgan fingerprint density at radius 2 is 1.85 bits per heavy atom. The minimum absolute atomic E-state index is 0. The number of hydrogen-bond donors (Lipinski definition) is 2. The van der Waals surface area contributed by atoms with Crippen molar-refractivity contribution in [2.75, 3.05) is 5.32 Å². The maximum atomic E-state index is 12.2. The van der Waals surface area contributed by atoms with Gasteiger partial charge in [-0.3, -0.25) is 0 Å². The summed E-state index contributed by atoms with van der Waals surface area (Å²) in [6.07, 6.45) is 2.82. The Labute approximate surface area is 122 Å². The number of alkyl halides is 2. The van der Waals surface area contributed by atoms with Gasteiger partial charge >= 0.3 is 6.61 Å². The molecule has 1 aliphatic rings. The predicted octanol–water partition coefficient (Wildman–Crippen LogP) is 2.41. The molecule has 8 heteroatoms. The summed E-state index contributed by atoms with van der Waals surface area (Å²) in [6.45, 7) is 0.378. The Hall–Kier alpha value is -1.21. The van der Waals surface area contributed by atoms with Crippen LogP contribution >= 0.6 is 12.4 Å². The van der Waals surface area contributed by atoms with Gasteiger partial charge in [0.2, 0.25) is 5.95 Å². The molecule has 1 aliphatic carbocycles. The van der Waals surface area contributed by atoms with Crippen LogP contribution in [0.4, 0.5) is 14.7 Å². The van der Waals surface area contributed by atoms with Crippen LogP contribution in [0.2, 0.25) is 0 Å². The van der Waals surface area contributed by atoms with E-state index < -0.39 is 6.61 Å². The first-order chi connectivity index (χ1) is 8.95. The number of nitrogens with one attached hydrogen (secondary N) is 1. The van der Waals surface area contributed by atoms with E-state index in [4.69, 9.17) is 5.73 Å². The topological polar surface area (TPSA) is 73.1 Å². The van der Waals surface area contributed by atoms with Crippen LogP contribution in [0.25, 0.3) is 0 Å². The maximum Gasteiger partial charge on any atom is 0.387 e. The first-order valence-electron chi connectivity index (χ1n) is 6.28. The molecule has 0 bridgehead atoms. The van der Waals surface area contributed by atoms with Crippen molar-refractivity contribution in [3.8, 4) is 5.75 Å². The summed E-state index contributed by atoms with van der Waals surface area (Å²) in [5.41, 5.74) is 6.63. The molecule has 1 aromatic rings. The Bertz CT molecular complexity index is 438. The molecule has 1 fully saturated rings. The highest BCUT2D eigenvalue weighted by Crippen LogP contribution is 2.25. The lowest BCUT2D eigenvalue weighted by atomic mass is 10.2. The minimum Gasteiger partial charge on any atom is -0.431 e. The third-order valence-corrected chi connectivity index (χ3v) is 3.22. The first kappa shape index (κ1) is 16.8. The van der Waals surface area contributed by atoms with Gasteiger partial charge < -0.3 is 15.8 Å². The molecule has 20 heavy (non-hydrogen) atoms. The molecule has 3 N–H and O–H groups in total. The quantitative estimate of drug-likeness (QED) is 0.893. The molecule has 0 aromatic carbocycles. The molecule has 1 saturated carbocycles. The van der Waals surface area contributed by atoms with E-state index in [9.17, 15) is 8.78 Å². The number of ether oxygens (including phenoxy) is 1. The molecular weight excluding hydrogens is 290 g/mol. The van der Waals surface area contributed by atoms with E-state index in [1.165, 1.54) is 0 Å². The van der Waals surface area contributed by atoms with E-state index in [1.807, 2.05) is 0 Å². The van der Waals surface area contributed by atoms with Crippen molar-refractivity contribution in [3.05, 3.63) is 11.4 Å². The highest BCUT2D eigenvalue weighted by molar-refractivity contribution is 5.85. The van der Waals surface area contributed by atoms with Gasteiger partial charge in [-0.1, -0.05) is 0 Å². The van der Waals surface area contributed by atoms with Crippen LogP contribution in [0.1, 0.15) is 30.7 Å². The number of aromatic nitrogens is 2. The van der Waals surface area contributed by atoms with E-state index in [0.717, 1.165) is 19.3 Å². The number of nitrogens with zero attached hydrogens (tertiary/aromatic N) is 2. The fourth-order valence-corrected chi connectivity index (χ4v) is 2.36. The van der Waals surface area contributed by atoms with Crippen LogP contribution in [-0.4, -0.2) is 28.7 Å². The SMILES string of the molecule is Cc1nc(N[C@H]2CC[C@H](N)C2)nc(C)c1OC(F)F.Cl. The van der Waals surface area contributed by atoms with Crippen molar-refractivity contribution in [1.82, 2.24) is 9.97 Å². The molecule has 5 nitrogen and oxygen atoms in total. The number of aryl methyl sites for hydroxylation is 2. The van der Waals surface area contributed by atoms with Gasteiger partial charge in [-0.05, 0) is 33.1 Å². The molecule has 0 spiro atoms. The normalized spacial score (nSPS) is 21.7. The molecule has 0 aliphatic heterocycles. The molecule has 0 amide bonds. The van der Waals surface area contributed by atoms with Crippen molar-refractivity contribution in [1.29, 1.82) is 0 Å². The van der Waals surface area contributed by atoms with Gasteiger partial charge in [-0.2, -0.15) is 8.78 Å². The number of anilines is 1. The van der Waals surface area contributed by atoms with Gasteiger partial charge in [0.05, 0.1) is 11.4 Å². The van der Waals surface area contributed by atoms with E-state index in [0.29, 0.717) is 17.3 Å². The summed E-state index contributed by atoms with van der Waals surface area (Å²) in [7, 11) is 0. The van der Waals surface area contributed by atoms with Crippen molar-refractivity contribution >= 4 is 18.4 Å². The van der Waals surface area contributed by atoms with Crippen LogP contribution in [-0.2, 0) is 0 Å². The van der Waals surface area contributed by atoms with Gasteiger partial charge in [0, 0.05) is 12.1 Å². The first-order valence-corrected chi connectivity index (χ1v) is 6.28. The molecular formula is C12H19ClF2N4O. The fraction of sp³-hybridized carbons (Fsp3) is 0.667. The van der Waals surface area contributed by atoms with Gasteiger partial charge in [-0.15, -0.1) is 12.4 Å². The van der Waals surface area contributed by atoms with Crippen molar-refractivity contribution in [2.45, 2.75) is 51.8 Å². The highest BCUT2D eigenvalue weighted by atomic mass is 35.5. The van der Waals surface area contributed by atoms with Crippen molar-refractivity contribution in [2.24, 2.45) is 5.73 Å². The molecule has 0 radical (unpaired) electrons. The smallest absolute Gasteiger partial charge is 0.387 e. The minimum atomic E-state index is -2.87. The number of nitrogens with two attached hydrogens (primary N) is 1. The summed E-state index contributed by atoms with van der Waals surface area (Å²) < 4.78 is 28.9. The fourth-order valence-electron chi connectivity index (χ4n) is 2.36. The molecule has 2 rings (SSSR count). The zero-order valence-electron chi connectivity index (χ0n) is 11.4. The lowest BCUT2D eigenvalue weighted by molar-refractivity contribution is -0.0512. The second kappa shape index (κ2) is 6.99. The summed E-state index contributed by atoms with van der Waals surface area (Å²) in [4.78, 5) is 8.31. The van der Waals surface area contributed by atoms with Gasteiger partial charge in [-0.25, -0.2) is 9.97 Å². The lowest BCUT2D eigenvalue weighted by Crippen LogP contribution is -2.22. The van der Waals surface area contributed by atoms with Crippen LogP contribution in [0.15, 0.2) is 0 Å². The zero-order chi connectivity index (χ0) is 14.0. The van der Waals surface area contributed by atoms with Gasteiger partial charge in [0.1, 0.15) is 0 Å². The monoisotopic (exact) mass is 308 g/mol. The zero-order valence-corrected chi connectivity index (χ0v) is 12.2. The lowest BCUT2D eigenvalue weighted by Gasteiger charge is -2.15. The van der Waals surface area contributed by atoms with E-state index in [1.54, 1.807) is 13.8 Å². The molecule has 114 valence electrons. The molecule has 0 saturated heterocycles. The second-order valence-electron chi connectivity index (χ2n) is 4.84. The van der Waals surface area contributed by atoms with E-state index >= 15 is 0 Å². The van der Waals surface area contributed by atoms with Crippen LogP contribution in [0.5, 0.6) is 5.75 Å². The number of hydrogen-bond acceptors (Lipinski definition) is 5. The summed E-state index contributed by atoms with van der Waals surface area (Å²) in [6, 6.07) is 0.455. The Morgan fingerprint density at radius 3 is 2.30 bits per heavy atom. The number of halogens is 3. The van der Waals surface area contributed by atoms with Gasteiger partial charge in [0.25, 0.3) is 0 Å². The summed E-state index contributed by atoms with van der Waals surface area (Å²) in [5, 5.41) is 3.19. The van der Waals surface area contributed by atoms with Gasteiger partial charge in [0.15, 0.2) is 5.75 Å². The standard InChI is InChI=1S/C12H18F2N4O.ClH/c1-6-10(19-11(13)14)7(2)17-12(16-6)18-9-4-3-8(15)5-9;/h8-9,11H,3-5,15H2,1-2H3,(H,16,17,18);1H/t8-,9-;/m0./s1. The molecule has 1 aromatic heterocycles. The van der Waals surface area contributed by atoms with E-state index in [2.05, 4.69) is 20.0 Å². The Balaban J connectivity index is 0.00000200. The summed E-state index contributed by atoms with van der Waals surface area (Å²) in [5.74, 6) is 0.486. The largest absolute Gasteiger partial charge is 0.431 e. The average molecular weight is 309 g/mol. The van der Waals surface area contributed by atoms with E-state index in [-0.39, 0.29) is 30.2 Å². The molecule has 0 unspecified atom stereocenters. The van der Waals surface area contributed by atoms with Crippen molar-refractivity contribution < 1.29 is 13.5 Å². The maximum absolute atomic E-state index is 12.2. The highest BCUT2D eigenvalue weighted by Gasteiger charge is 2.23. The predicted molar refractivity (Wildman–Crippen MR) is 74.6 cm³/mol.